The van der Waals surface area contributed by atoms with E-state index in [4.69, 9.17) is 25.8 Å². The Kier molecular flexibility index (Phi) is 7.16. The zero-order chi connectivity index (χ0) is 19.1. The molecule has 0 saturated carbocycles. The van der Waals surface area contributed by atoms with E-state index < -0.39 is 6.10 Å². The van der Waals surface area contributed by atoms with Crippen molar-refractivity contribution in [2.24, 2.45) is 0 Å². The molecule has 0 saturated heterocycles. The normalized spacial score (nSPS) is 11.6. The molecule has 0 aromatic heterocycles. The van der Waals surface area contributed by atoms with Gasteiger partial charge in [0.05, 0.1) is 14.2 Å². The van der Waals surface area contributed by atoms with Crippen LogP contribution in [0.1, 0.15) is 24.5 Å². The summed E-state index contributed by atoms with van der Waals surface area (Å²) in [6, 6.07) is 11.0. The predicted molar refractivity (Wildman–Crippen MR) is 102 cm³/mol. The van der Waals surface area contributed by atoms with Crippen LogP contribution in [-0.2, 0) is 11.3 Å². The minimum Gasteiger partial charge on any atom is -0.493 e. The van der Waals surface area contributed by atoms with E-state index in [0.29, 0.717) is 28.7 Å². The fraction of sp³-hybridized carbons (Fsp3) is 0.350. The molecule has 0 bridgehead atoms. The van der Waals surface area contributed by atoms with Crippen LogP contribution in [0.2, 0.25) is 5.02 Å². The molecule has 0 fully saturated rings. The summed E-state index contributed by atoms with van der Waals surface area (Å²) in [5, 5.41) is 3.37. The molecule has 0 aliphatic rings. The van der Waals surface area contributed by atoms with Crippen molar-refractivity contribution in [3.05, 3.63) is 52.5 Å². The van der Waals surface area contributed by atoms with Gasteiger partial charge in [0.2, 0.25) is 0 Å². The highest BCUT2D eigenvalue weighted by Gasteiger charge is 2.19. The Labute approximate surface area is 159 Å². The summed E-state index contributed by atoms with van der Waals surface area (Å²) in [6.07, 6.45) is -0.0184. The van der Waals surface area contributed by atoms with Crippen molar-refractivity contribution >= 4 is 17.5 Å². The fourth-order valence-corrected chi connectivity index (χ4v) is 2.72. The standard InChI is InChI=1S/C20H24ClNO4/c1-5-17(26-15-8-6-7-13(2)9-15)20(23)22-12-14-10-18(24-3)19(25-4)11-16(14)21/h6-11,17H,5,12H2,1-4H3,(H,22,23). The fourth-order valence-electron chi connectivity index (χ4n) is 2.50. The molecule has 0 heterocycles. The third-order valence-corrected chi connectivity index (χ3v) is 4.29. The van der Waals surface area contributed by atoms with Crippen molar-refractivity contribution in [2.75, 3.05) is 14.2 Å². The second-order valence-electron chi connectivity index (χ2n) is 5.85. The minimum absolute atomic E-state index is 0.195. The van der Waals surface area contributed by atoms with E-state index in [9.17, 15) is 4.79 Å². The molecular formula is C20H24ClNO4. The number of ether oxygens (including phenoxy) is 3. The summed E-state index contributed by atoms with van der Waals surface area (Å²) in [7, 11) is 3.10. The molecule has 26 heavy (non-hydrogen) atoms. The van der Waals surface area contributed by atoms with Crippen molar-refractivity contribution in [3.8, 4) is 17.2 Å². The predicted octanol–water partition coefficient (Wildman–Crippen LogP) is 4.14. The van der Waals surface area contributed by atoms with E-state index in [1.165, 1.54) is 0 Å². The summed E-state index contributed by atoms with van der Waals surface area (Å²) >= 11 is 6.26. The lowest BCUT2D eigenvalue weighted by Crippen LogP contribution is -2.37. The van der Waals surface area contributed by atoms with Crippen LogP contribution < -0.4 is 19.5 Å². The lowest BCUT2D eigenvalue weighted by Gasteiger charge is -2.18. The third kappa shape index (κ3) is 5.05. The molecule has 0 spiro atoms. The maximum absolute atomic E-state index is 12.5. The first kappa shape index (κ1) is 19.9. The second kappa shape index (κ2) is 9.34. The highest BCUT2D eigenvalue weighted by atomic mass is 35.5. The average Bonchev–Trinajstić information content (AvgIpc) is 2.64. The Balaban J connectivity index is 2.04. The molecule has 2 rings (SSSR count). The van der Waals surface area contributed by atoms with Gasteiger partial charge in [-0.2, -0.15) is 0 Å². The first-order valence-electron chi connectivity index (χ1n) is 8.39. The Hall–Kier alpha value is -2.40. The number of halogens is 1. The number of benzene rings is 2. The van der Waals surface area contributed by atoms with Gasteiger partial charge < -0.3 is 19.5 Å². The summed E-state index contributed by atoms with van der Waals surface area (Å²) < 4.78 is 16.3. The number of hydrogen-bond acceptors (Lipinski definition) is 4. The van der Waals surface area contributed by atoms with E-state index in [1.807, 2.05) is 38.1 Å². The molecule has 6 heteroatoms. The summed E-state index contributed by atoms with van der Waals surface area (Å²) in [6.45, 7) is 4.15. The maximum atomic E-state index is 12.5. The van der Waals surface area contributed by atoms with Gasteiger partial charge in [0.15, 0.2) is 17.6 Å². The van der Waals surface area contributed by atoms with Gasteiger partial charge in [-0.05, 0) is 42.7 Å². The quantitative estimate of drug-likeness (QED) is 0.751. The van der Waals surface area contributed by atoms with Crippen molar-refractivity contribution in [1.29, 1.82) is 0 Å². The van der Waals surface area contributed by atoms with E-state index >= 15 is 0 Å². The van der Waals surface area contributed by atoms with Crippen LogP contribution in [0, 0.1) is 6.92 Å². The number of carbonyl (C=O) groups excluding carboxylic acids is 1. The molecule has 1 N–H and O–H groups in total. The van der Waals surface area contributed by atoms with Crippen LogP contribution in [0.3, 0.4) is 0 Å². The molecule has 2 aromatic rings. The Morgan fingerprint density at radius 1 is 1.15 bits per heavy atom. The highest BCUT2D eigenvalue weighted by molar-refractivity contribution is 6.31. The lowest BCUT2D eigenvalue weighted by molar-refractivity contribution is -0.128. The van der Waals surface area contributed by atoms with Gasteiger partial charge in [-0.3, -0.25) is 4.79 Å². The van der Waals surface area contributed by atoms with Gasteiger partial charge in [0, 0.05) is 17.6 Å². The molecule has 0 radical (unpaired) electrons. The smallest absolute Gasteiger partial charge is 0.261 e. The number of hydrogen-bond donors (Lipinski definition) is 1. The second-order valence-corrected chi connectivity index (χ2v) is 6.25. The number of aryl methyl sites for hydroxylation is 1. The van der Waals surface area contributed by atoms with Gasteiger partial charge in [-0.15, -0.1) is 0 Å². The highest BCUT2D eigenvalue weighted by Crippen LogP contribution is 2.33. The molecule has 140 valence electrons. The molecular weight excluding hydrogens is 354 g/mol. The average molecular weight is 378 g/mol. The SMILES string of the molecule is CCC(Oc1cccc(C)c1)C(=O)NCc1cc(OC)c(OC)cc1Cl. The summed E-state index contributed by atoms with van der Waals surface area (Å²) in [5.74, 6) is 1.59. The van der Waals surface area contributed by atoms with Gasteiger partial charge in [-0.1, -0.05) is 30.7 Å². The molecule has 0 aliphatic heterocycles. The number of rotatable bonds is 8. The van der Waals surface area contributed by atoms with Gasteiger partial charge in [-0.25, -0.2) is 0 Å². The largest absolute Gasteiger partial charge is 0.493 e. The van der Waals surface area contributed by atoms with E-state index in [2.05, 4.69) is 5.32 Å². The van der Waals surface area contributed by atoms with Crippen LogP contribution in [0.15, 0.2) is 36.4 Å². The lowest BCUT2D eigenvalue weighted by atomic mass is 10.2. The van der Waals surface area contributed by atoms with Gasteiger partial charge in [0.1, 0.15) is 5.75 Å². The molecule has 1 atom stereocenters. The first-order chi connectivity index (χ1) is 12.5. The molecule has 0 aliphatic carbocycles. The molecule has 1 unspecified atom stereocenters. The van der Waals surface area contributed by atoms with Crippen molar-refractivity contribution < 1.29 is 19.0 Å². The van der Waals surface area contributed by atoms with E-state index in [0.717, 1.165) is 11.1 Å². The Morgan fingerprint density at radius 2 is 1.85 bits per heavy atom. The van der Waals surface area contributed by atoms with Crippen LogP contribution in [0.4, 0.5) is 0 Å². The van der Waals surface area contributed by atoms with Crippen LogP contribution >= 0.6 is 11.6 Å². The Bertz CT molecular complexity index is 763. The van der Waals surface area contributed by atoms with Crippen LogP contribution in [0.5, 0.6) is 17.2 Å². The number of carbonyl (C=O) groups is 1. The summed E-state index contributed by atoms with van der Waals surface area (Å²) in [4.78, 5) is 12.5. The van der Waals surface area contributed by atoms with E-state index in [1.54, 1.807) is 26.4 Å². The van der Waals surface area contributed by atoms with Crippen LogP contribution in [-0.4, -0.2) is 26.2 Å². The number of methoxy groups -OCH3 is 2. The van der Waals surface area contributed by atoms with Crippen molar-refractivity contribution in [1.82, 2.24) is 5.32 Å². The maximum Gasteiger partial charge on any atom is 0.261 e. The van der Waals surface area contributed by atoms with E-state index in [-0.39, 0.29) is 12.5 Å². The van der Waals surface area contributed by atoms with Crippen LogP contribution in [0.25, 0.3) is 0 Å². The van der Waals surface area contributed by atoms with Gasteiger partial charge >= 0.3 is 0 Å². The zero-order valence-corrected chi connectivity index (χ0v) is 16.2. The van der Waals surface area contributed by atoms with Crippen molar-refractivity contribution in [2.45, 2.75) is 32.9 Å². The van der Waals surface area contributed by atoms with Crippen molar-refractivity contribution in [3.63, 3.8) is 0 Å². The Morgan fingerprint density at radius 3 is 2.46 bits per heavy atom. The first-order valence-corrected chi connectivity index (χ1v) is 8.77. The topological polar surface area (TPSA) is 56.8 Å². The summed E-state index contributed by atoms with van der Waals surface area (Å²) in [5.41, 5.74) is 1.82. The molecule has 1 amide bonds. The zero-order valence-electron chi connectivity index (χ0n) is 15.5. The molecule has 2 aromatic carbocycles. The van der Waals surface area contributed by atoms with Gasteiger partial charge in [0.25, 0.3) is 5.91 Å². The molecule has 5 nitrogen and oxygen atoms in total. The third-order valence-electron chi connectivity index (χ3n) is 3.94. The monoisotopic (exact) mass is 377 g/mol. The number of nitrogens with one attached hydrogen (secondary N) is 1. The minimum atomic E-state index is -0.573. The number of amides is 1.